The molecule has 2 rings (SSSR count). The van der Waals surface area contributed by atoms with Crippen LogP contribution in [0.15, 0.2) is 30.3 Å². The van der Waals surface area contributed by atoms with Crippen LogP contribution in [0.2, 0.25) is 0 Å². The lowest BCUT2D eigenvalue weighted by Gasteiger charge is -2.34. The minimum Gasteiger partial charge on any atom is -0.459 e. The largest absolute Gasteiger partial charge is 0.459 e. The second kappa shape index (κ2) is 18.4. The van der Waals surface area contributed by atoms with Crippen molar-refractivity contribution in [3.8, 4) is 0 Å². The van der Waals surface area contributed by atoms with Gasteiger partial charge in [-0.05, 0) is 81.8 Å². The highest BCUT2D eigenvalue weighted by atomic mass is 32.2. The number of nitrogens with one attached hydrogen (secondary N) is 3. The Bertz CT molecular complexity index is 1090. The number of hydrogen-bond donors (Lipinski definition) is 4. The average Bonchev–Trinajstić information content (AvgIpc) is 3.45. The first-order valence-electron chi connectivity index (χ1n) is 16.1. The van der Waals surface area contributed by atoms with Gasteiger partial charge in [0.05, 0.1) is 12.1 Å². The van der Waals surface area contributed by atoms with E-state index in [1.54, 1.807) is 32.5 Å². The van der Waals surface area contributed by atoms with Crippen LogP contribution >= 0.6 is 11.8 Å². The van der Waals surface area contributed by atoms with Crippen LogP contribution in [0.1, 0.15) is 86.1 Å². The number of rotatable bonds is 16. The van der Waals surface area contributed by atoms with E-state index in [9.17, 15) is 24.3 Å². The summed E-state index contributed by atoms with van der Waals surface area (Å²) in [5.41, 5.74) is 0.139. The first kappa shape index (κ1) is 38.4. The van der Waals surface area contributed by atoms with Crippen molar-refractivity contribution >= 4 is 35.6 Å². The number of carbonyl (C=O) groups is 4. The van der Waals surface area contributed by atoms with Crippen LogP contribution in [0, 0.1) is 23.7 Å². The number of hydrogen-bond acceptors (Lipinski definition) is 8. The van der Waals surface area contributed by atoms with Crippen molar-refractivity contribution in [2.75, 3.05) is 12.0 Å². The second-order valence-electron chi connectivity index (χ2n) is 13.7. The van der Waals surface area contributed by atoms with Crippen LogP contribution in [-0.2, 0) is 30.5 Å². The standard InChI is InChI=1S/C34H55N3O7S/c1-21(2)19-27(35-31(40)26(17-18-45-8)36-33(42)44-34(5,6)7)29(38)24-15-12-16-25(24)30(39)37-28(22(3)4)32(41)43-20-23-13-10-9-11-14-23/h9-11,13-14,21-22,24-29,38H,12,15-20H2,1-8H3,(H,35,40)(H,36,42)(H,37,39)/t24-,25-,26+,27+,28+,29+/m1/s1. The highest BCUT2D eigenvalue weighted by Gasteiger charge is 2.42. The first-order chi connectivity index (χ1) is 21.1. The summed E-state index contributed by atoms with van der Waals surface area (Å²) in [6.45, 7) is 13.1. The third kappa shape index (κ3) is 13.2. The zero-order valence-electron chi connectivity index (χ0n) is 28.3. The van der Waals surface area contributed by atoms with Gasteiger partial charge >= 0.3 is 12.1 Å². The fraction of sp³-hybridized carbons (Fsp3) is 0.706. The molecule has 0 radical (unpaired) electrons. The highest BCUT2D eigenvalue weighted by molar-refractivity contribution is 7.98. The molecule has 45 heavy (non-hydrogen) atoms. The summed E-state index contributed by atoms with van der Waals surface area (Å²) in [4.78, 5) is 52.6. The number of alkyl carbamates (subject to hydrolysis) is 1. The topological polar surface area (TPSA) is 143 Å². The van der Waals surface area contributed by atoms with E-state index in [0.29, 0.717) is 31.4 Å². The van der Waals surface area contributed by atoms with Gasteiger partial charge < -0.3 is 30.5 Å². The fourth-order valence-corrected chi connectivity index (χ4v) is 6.10. The maximum atomic E-state index is 13.6. The number of aliphatic hydroxyl groups excluding tert-OH is 1. The predicted molar refractivity (Wildman–Crippen MR) is 177 cm³/mol. The Balaban J connectivity index is 2.14. The lowest BCUT2D eigenvalue weighted by atomic mass is 9.83. The molecular formula is C34H55N3O7S. The van der Waals surface area contributed by atoms with Crippen LogP contribution in [0.4, 0.5) is 4.79 Å². The number of benzene rings is 1. The van der Waals surface area contributed by atoms with Crippen LogP contribution in [0.3, 0.4) is 0 Å². The molecule has 3 amide bonds. The van der Waals surface area contributed by atoms with Gasteiger partial charge in [0.25, 0.3) is 0 Å². The van der Waals surface area contributed by atoms with E-state index in [1.807, 2.05) is 64.3 Å². The molecule has 4 N–H and O–H groups in total. The zero-order valence-corrected chi connectivity index (χ0v) is 29.1. The van der Waals surface area contributed by atoms with E-state index < -0.39 is 59.6 Å². The lowest BCUT2D eigenvalue weighted by Crippen LogP contribution is -2.56. The number of carbonyl (C=O) groups excluding carboxylic acids is 4. The molecule has 0 heterocycles. The van der Waals surface area contributed by atoms with Gasteiger partial charge in [-0.2, -0.15) is 11.8 Å². The van der Waals surface area contributed by atoms with Crippen molar-refractivity contribution in [1.82, 2.24) is 16.0 Å². The van der Waals surface area contributed by atoms with Gasteiger partial charge in [0.2, 0.25) is 11.8 Å². The first-order valence-corrected chi connectivity index (χ1v) is 17.5. The van der Waals surface area contributed by atoms with E-state index in [-0.39, 0.29) is 24.3 Å². The summed E-state index contributed by atoms with van der Waals surface area (Å²) in [5.74, 6) is -1.56. The maximum Gasteiger partial charge on any atom is 0.408 e. The van der Waals surface area contributed by atoms with E-state index in [0.717, 1.165) is 12.0 Å². The molecule has 6 atom stereocenters. The summed E-state index contributed by atoms with van der Waals surface area (Å²) < 4.78 is 10.9. The van der Waals surface area contributed by atoms with Gasteiger partial charge in [0, 0.05) is 5.92 Å². The normalized spacial score (nSPS) is 19.4. The molecule has 0 unspecified atom stereocenters. The molecule has 11 heteroatoms. The third-order valence-electron chi connectivity index (χ3n) is 7.87. The Hall–Kier alpha value is -2.79. The molecule has 254 valence electrons. The molecule has 1 fully saturated rings. The van der Waals surface area contributed by atoms with Gasteiger partial charge in [-0.1, -0.05) is 64.4 Å². The number of ether oxygens (including phenoxy) is 2. The smallest absolute Gasteiger partial charge is 0.408 e. The van der Waals surface area contributed by atoms with Crippen molar-refractivity contribution < 1.29 is 33.8 Å². The van der Waals surface area contributed by atoms with Gasteiger partial charge in [-0.3, -0.25) is 9.59 Å². The summed E-state index contributed by atoms with van der Waals surface area (Å²) in [6.07, 6.45) is 3.04. The Labute approximate surface area is 273 Å². The molecule has 1 saturated carbocycles. The summed E-state index contributed by atoms with van der Waals surface area (Å²) in [5, 5.41) is 20.3. The van der Waals surface area contributed by atoms with Crippen molar-refractivity contribution in [3.63, 3.8) is 0 Å². The monoisotopic (exact) mass is 649 g/mol. The maximum absolute atomic E-state index is 13.6. The second-order valence-corrected chi connectivity index (χ2v) is 14.7. The SMILES string of the molecule is CSCC[C@H](NC(=O)OC(C)(C)C)C(=O)N[C@@H](CC(C)C)[C@@H](O)[C@@H]1CCC[C@H]1C(=O)N[C@H](C(=O)OCc1ccccc1)C(C)C. The Morgan fingerprint density at radius 1 is 1.00 bits per heavy atom. The summed E-state index contributed by atoms with van der Waals surface area (Å²) in [7, 11) is 0. The molecule has 10 nitrogen and oxygen atoms in total. The molecule has 1 aromatic carbocycles. The van der Waals surface area contributed by atoms with Crippen LogP contribution in [0.5, 0.6) is 0 Å². The highest BCUT2D eigenvalue weighted by Crippen LogP contribution is 2.36. The van der Waals surface area contributed by atoms with Crippen LogP contribution in [0.25, 0.3) is 0 Å². The molecule has 1 aromatic rings. The van der Waals surface area contributed by atoms with Crippen molar-refractivity contribution in [1.29, 1.82) is 0 Å². The molecule has 0 aliphatic heterocycles. The number of esters is 1. The Kier molecular flexibility index (Phi) is 15.7. The summed E-state index contributed by atoms with van der Waals surface area (Å²) >= 11 is 1.56. The number of amides is 3. The van der Waals surface area contributed by atoms with E-state index in [2.05, 4.69) is 16.0 Å². The molecule has 0 bridgehead atoms. The fourth-order valence-electron chi connectivity index (χ4n) is 5.63. The van der Waals surface area contributed by atoms with Crippen molar-refractivity contribution in [2.24, 2.45) is 23.7 Å². The molecule has 1 aliphatic rings. The van der Waals surface area contributed by atoms with Gasteiger partial charge in [-0.15, -0.1) is 0 Å². The minimum absolute atomic E-state index is 0.112. The van der Waals surface area contributed by atoms with Crippen molar-refractivity contribution in [3.05, 3.63) is 35.9 Å². The predicted octanol–water partition coefficient (Wildman–Crippen LogP) is 4.83. The number of thioether (sulfide) groups is 1. The van der Waals surface area contributed by atoms with E-state index in [4.69, 9.17) is 9.47 Å². The van der Waals surface area contributed by atoms with E-state index >= 15 is 0 Å². The van der Waals surface area contributed by atoms with Gasteiger partial charge in [-0.25, -0.2) is 9.59 Å². The van der Waals surface area contributed by atoms with Gasteiger partial charge in [0.1, 0.15) is 24.3 Å². The lowest BCUT2D eigenvalue weighted by molar-refractivity contribution is -0.151. The van der Waals surface area contributed by atoms with Crippen LogP contribution < -0.4 is 16.0 Å². The Morgan fingerprint density at radius 3 is 2.24 bits per heavy atom. The average molecular weight is 650 g/mol. The number of aliphatic hydroxyl groups is 1. The van der Waals surface area contributed by atoms with Crippen molar-refractivity contribution in [2.45, 2.75) is 117 Å². The van der Waals surface area contributed by atoms with E-state index in [1.165, 1.54) is 0 Å². The van der Waals surface area contributed by atoms with Crippen LogP contribution in [-0.4, -0.2) is 70.8 Å². The molecular weight excluding hydrogens is 594 g/mol. The minimum atomic E-state index is -1.00. The third-order valence-corrected chi connectivity index (χ3v) is 8.51. The molecule has 0 saturated heterocycles. The molecule has 1 aliphatic carbocycles. The Morgan fingerprint density at radius 2 is 1.67 bits per heavy atom. The van der Waals surface area contributed by atoms with Gasteiger partial charge in [0.15, 0.2) is 0 Å². The zero-order chi connectivity index (χ0) is 33.7. The molecule has 0 spiro atoms. The molecule has 0 aromatic heterocycles. The summed E-state index contributed by atoms with van der Waals surface area (Å²) in [6, 6.07) is 7.05. The quantitative estimate of drug-likeness (QED) is 0.187.